The Labute approximate surface area is 199 Å². The van der Waals surface area contributed by atoms with Crippen molar-refractivity contribution in [3.63, 3.8) is 0 Å². The van der Waals surface area contributed by atoms with Crippen molar-refractivity contribution in [3.8, 4) is 0 Å². The number of ether oxygens (including phenoxy) is 1. The zero-order valence-corrected chi connectivity index (χ0v) is 22.9. The van der Waals surface area contributed by atoms with Crippen molar-refractivity contribution in [1.29, 1.82) is 0 Å². The molecule has 1 heterocycles. The Morgan fingerprint density at radius 3 is 1.97 bits per heavy atom. The summed E-state index contributed by atoms with van der Waals surface area (Å²) < 4.78 is 13.0. The zero-order chi connectivity index (χ0) is 20.0. The van der Waals surface area contributed by atoms with Gasteiger partial charge in [-0.25, -0.2) is 6.61 Å². The van der Waals surface area contributed by atoms with Crippen LogP contribution in [-0.4, -0.2) is 31.7 Å². The predicted octanol–water partition coefficient (Wildman–Crippen LogP) is 3.51. The molecule has 1 N–H and O–H groups in total. The fourth-order valence-corrected chi connectivity index (χ4v) is 9.79. The number of aliphatic hydroxyl groups is 1. The molecule has 1 saturated carbocycles. The van der Waals surface area contributed by atoms with Gasteiger partial charge in [-0.1, -0.05) is 94.3 Å². The Morgan fingerprint density at radius 1 is 1.07 bits per heavy atom. The maximum absolute atomic E-state index is 10.9. The fraction of sp³-hybridized carbons (Fsp3) is 0.458. The second-order valence-corrected chi connectivity index (χ2v) is 13.8. The van der Waals surface area contributed by atoms with Gasteiger partial charge < -0.3 is 14.3 Å². The predicted molar refractivity (Wildman–Crippen MR) is 115 cm³/mol. The molecule has 0 spiro atoms. The summed E-state index contributed by atoms with van der Waals surface area (Å²) in [6.07, 6.45) is 0.355. The van der Waals surface area contributed by atoms with E-state index in [1.165, 1.54) is 10.4 Å². The first-order chi connectivity index (χ1) is 13.3. The third kappa shape index (κ3) is 3.84. The average molecular weight is 634 g/mol. The van der Waals surface area contributed by atoms with Gasteiger partial charge in [-0.3, -0.25) is 0 Å². The summed E-state index contributed by atoms with van der Waals surface area (Å²) in [6, 6.07) is 21.3. The van der Waals surface area contributed by atoms with Crippen LogP contribution in [0.15, 0.2) is 60.7 Å². The molecule has 29 heavy (non-hydrogen) atoms. The van der Waals surface area contributed by atoms with Gasteiger partial charge in [0.05, 0.1) is 18.3 Å². The van der Waals surface area contributed by atoms with Crippen LogP contribution in [0, 0.1) is 49.6 Å². The summed E-state index contributed by atoms with van der Waals surface area (Å²) in [5, 5.41) is 13.3. The minimum Gasteiger partial charge on any atom is -0.544 e. The zero-order valence-electron chi connectivity index (χ0n) is 17.8. The quantitative estimate of drug-likeness (QED) is 0.405. The molecular weight excluding hydrogens is 602 g/mol. The Hall–Kier alpha value is -0.411. The van der Waals surface area contributed by atoms with Crippen molar-refractivity contribution in [3.05, 3.63) is 67.3 Å². The second-order valence-electron chi connectivity index (χ2n) is 9.47. The maximum Gasteiger partial charge on any atom is 0.261 e. The van der Waals surface area contributed by atoms with Crippen molar-refractivity contribution < 1.29 is 45.4 Å². The normalized spacial score (nSPS) is 28.9. The summed E-state index contributed by atoms with van der Waals surface area (Å²) >= 11 is 0. The molecule has 2 aromatic carbocycles. The van der Waals surface area contributed by atoms with Gasteiger partial charge in [0.2, 0.25) is 0 Å². The Kier molecular flexibility index (Phi) is 6.91. The first-order valence-corrected chi connectivity index (χ1v) is 12.2. The van der Waals surface area contributed by atoms with Crippen LogP contribution in [-0.2, 0) is 9.16 Å². The standard InChI is InChI=1S/C24H31O3Si.U/c1-18-15-24(22(25)21(18)16-26-24)17-27-28(23(2,3)4,19-11-7-5-8-12-19)20-13-9-6-10-14-20;/h5-14,16,18,21-22,25H,15,17H2,1-4H3;/q-1;/t18?,21-,22-,24+;/m0./s1. The molecule has 1 unspecified atom stereocenters. The van der Waals surface area contributed by atoms with Gasteiger partial charge in [-0.2, -0.15) is 0 Å². The second kappa shape index (κ2) is 8.61. The third-order valence-corrected chi connectivity index (χ3v) is 11.6. The molecule has 2 aromatic rings. The van der Waals surface area contributed by atoms with Gasteiger partial charge in [-0.05, 0) is 21.8 Å². The van der Waals surface area contributed by atoms with E-state index in [2.05, 4.69) is 88.4 Å². The average Bonchev–Trinajstić information content (AvgIpc) is 3.11. The molecule has 2 aliphatic rings. The minimum absolute atomic E-state index is 0. The van der Waals surface area contributed by atoms with Crippen LogP contribution >= 0.6 is 0 Å². The number of fused-ring (bicyclic) bond motifs is 2. The van der Waals surface area contributed by atoms with Crippen LogP contribution in [0.2, 0.25) is 5.04 Å². The largest absolute Gasteiger partial charge is 0.544 e. The summed E-state index contributed by atoms with van der Waals surface area (Å²) in [5.74, 6) is 0.536. The molecule has 2 bridgehead atoms. The molecule has 154 valence electrons. The van der Waals surface area contributed by atoms with E-state index < -0.39 is 20.0 Å². The monoisotopic (exact) mass is 633 g/mol. The molecule has 0 amide bonds. The first-order valence-electron chi connectivity index (χ1n) is 10.2. The van der Waals surface area contributed by atoms with Crippen LogP contribution in [0.1, 0.15) is 34.1 Å². The van der Waals surface area contributed by atoms with Crippen LogP contribution < -0.4 is 10.4 Å². The van der Waals surface area contributed by atoms with Crippen LogP contribution in [0.25, 0.3) is 0 Å². The Morgan fingerprint density at radius 2 is 1.59 bits per heavy atom. The summed E-state index contributed by atoms with van der Waals surface area (Å²) in [5.41, 5.74) is -0.614. The van der Waals surface area contributed by atoms with Crippen molar-refractivity contribution in [2.45, 2.75) is 50.9 Å². The molecule has 4 rings (SSSR count). The number of benzene rings is 2. The molecule has 0 radical (unpaired) electrons. The van der Waals surface area contributed by atoms with E-state index >= 15 is 0 Å². The number of hydrogen-bond donors (Lipinski definition) is 1. The van der Waals surface area contributed by atoms with Gasteiger partial charge in [0, 0.05) is 31.1 Å². The summed E-state index contributed by atoms with van der Waals surface area (Å²) in [6.45, 7) is 11.3. The SMILES string of the molecule is CC1C[C@]2(CO[Si](c3ccccc3)(c3ccccc3)C(C)(C)C)O[CH-][C@@H]1[C@@H]2O.[U]. The molecule has 4 atom stereocenters. The molecule has 2 fully saturated rings. The van der Waals surface area contributed by atoms with Crippen molar-refractivity contribution in [2.75, 3.05) is 6.61 Å². The van der Waals surface area contributed by atoms with E-state index in [0.717, 1.165) is 6.42 Å². The van der Waals surface area contributed by atoms with Crippen molar-refractivity contribution in [1.82, 2.24) is 0 Å². The molecule has 1 aliphatic carbocycles. The van der Waals surface area contributed by atoms with Gasteiger partial charge >= 0.3 is 0 Å². The topological polar surface area (TPSA) is 38.7 Å². The molecular formula is C24H31O3SiU-. The van der Waals surface area contributed by atoms with Crippen LogP contribution in [0.4, 0.5) is 0 Å². The van der Waals surface area contributed by atoms with Crippen molar-refractivity contribution in [2.24, 2.45) is 11.8 Å². The van der Waals surface area contributed by atoms with Crippen LogP contribution in [0.5, 0.6) is 0 Å². The molecule has 1 aliphatic heterocycles. The summed E-state index contributed by atoms with van der Waals surface area (Å²) in [4.78, 5) is 0. The van der Waals surface area contributed by atoms with E-state index in [0.29, 0.717) is 12.5 Å². The molecule has 5 heteroatoms. The van der Waals surface area contributed by atoms with E-state index in [1.54, 1.807) is 0 Å². The maximum atomic E-state index is 10.9. The van der Waals surface area contributed by atoms with E-state index in [1.807, 2.05) is 6.61 Å². The van der Waals surface area contributed by atoms with Crippen molar-refractivity contribution >= 4 is 18.7 Å². The molecule has 0 aromatic heterocycles. The van der Waals surface area contributed by atoms with E-state index in [9.17, 15) is 5.11 Å². The van der Waals surface area contributed by atoms with Gasteiger partial charge in [0.15, 0.2) is 0 Å². The third-order valence-electron chi connectivity index (χ3n) is 6.64. The smallest absolute Gasteiger partial charge is 0.261 e. The van der Waals surface area contributed by atoms with Gasteiger partial charge in [-0.15, -0.1) is 5.92 Å². The number of aliphatic hydroxyl groups excluding tert-OH is 1. The molecule has 1 saturated heterocycles. The van der Waals surface area contributed by atoms with Gasteiger partial charge in [0.1, 0.15) is 0 Å². The fourth-order valence-electron chi connectivity index (χ4n) is 5.17. The van der Waals surface area contributed by atoms with E-state index in [4.69, 9.17) is 9.16 Å². The van der Waals surface area contributed by atoms with Gasteiger partial charge in [0.25, 0.3) is 8.32 Å². The molecule has 3 nitrogen and oxygen atoms in total. The Balaban J connectivity index is 0.00000240. The number of hydrogen-bond acceptors (Lipinski definition) is 3. The van der Waals surface area contributed by atoms with E-state index in [-0.39, 0.29) is 42.1 Å². The minimum atomic E-state index is -2.62. The Bertz CT molecular complexity index is 768. The first kappa shape index (κ1) is 23.3. The summed E-state index contributed by atoms with van der Waals surface area (Å²) in [7, 11) is -2.62. The number of rotatable bonds is 5. The van der Waals surface area contributed by atoms with Crippen LogP contribution in [0.3, 0.4) is 0 Å².